The molecule has 2 aliphatic rings. The van der Waals surface area contributed by atoms with E-state index in [4.69, 9.17) is 4.74 Å². The van der Waals surface area contributed by atoms with Gasteiger partial charge in [0.2, 0.25) is 0 Å². The summed E-state index contributed by atoms with van der Waals surface area (Å²) in [5.41, 5.74) is 0.882. The van der Waals surface area contributed by atoms with Crippen molar-refractivity contribution in [2.24, 2.45) is 0 Å². The Labute approximate surface area is 191 Å². The second-order valence-electron chi connectivity index (χ2n) is 8.64. The molecule has 0 aromatic carbocycles. The summed E-state index contributed by atoms with van der Waals surface area (Å²) >= 11 is 0. The van der Waals surface area contributed by atoms with Crippen LogP contribution in [0.15, 0.2) is 30.7 Å². The van der Waals surface area contributed by atoms with E-state index < -0.39 is 27.3 Å². The number of rotatable bonds is 4. The number of halogens is 2. The molecule has 2 fully saturated rings. The lowest BCUT2D eigenvalue weighted by atomic mass is 10.2. The monoisotopic (exact) mass is 488 g/mol. The number of hydrogen-bond donors (Lipinski definition) is 0. The molecule has 0 N–H and O–H groups in total. The Kier molecular flexibility index (Phi) is 4.51. The number of likely N-dealkylation sites (tertiary alicyclic amines) is 1. The predicted molar refractivity (Wildman–Crippen MR) is 116 cm³/mol. The molecule has 6 heterocycles. The highest BCUT2D eigenvalue weighted by atomic mass is 32.2. The minimum absolute atomic E-state index is 0.00515. The SMILES string of the molecule is CS(=O)(=O)Cn1nc(-c2cnc3c(F)cc(F)cn23)c2cnc(C(=O)N3CC4CC3CO4)cc21. The lowest BCUT2D eigenvalue weighted by molar-refractivity contribution is 0.0256. The van der Waals surface area contributed by atoms with Gasteiger partial charge in [0.25, 0.3) is 5.91 Å². The first-order valence-corrected chi connectivity index (χ1v) is 12.5. The van der Waals surface area contributed by atoms with Gasteiger partial charge in [-0.05, 0) is 12.5 Å². The number of amides is 1. The summed E-state index contributed by atoms with van der Waals surface area (Å²) in [4.78, 5) is 23.2. The Morgan fingerprint density at radius 3 is 2.76 bits per heavy atom. The molecular weight excluding hydrogens is 470 g/mol. The Balaban J connectivity index is 1.51. The van der Waals surface area contributed by atoms with E-state index >= 15 is 0 Å². The molecule has 34 heavy (non-hydrogen) atoms. The number of morpholine rings is 1. The fraction of sp³-hybridized carbons (Fsp3) is 0.333. The van der Waals surface area contributed by atoms with E-state index in [2.05, 4.69) is 15.1 Å². The van der Waals surface area contributed by atoms with Crippen molar-refractivity contribution in [2.45, 2.75) is 24.4 Å². The van der Waals surface area contributed by atoms with Crippen LogP contribution in [0.1, 0.15) is 16.9 Å². The molecule has 4 aromatic heterocycles. The third-order valence-corrected chi connectivity index (χ3v) is 6.86. The average Bonchev–Trinajstić information content (AvgIpc) is 3.55. The van der Waals surface area contributed by atoms with Gasteiger partial charge in [-0.1, -0.05) is 0 Å². The highest BCUT2D eigenvalue weighted by Gasteiger charge is 2.42. The number of hydrogen-bond acceptors (Lipinski definition) is 7. The number of carbonyl (C=O) groups is 1. The number of fused-ring (bicyclic) bond motifs is 4. The molecular formula is C21H18F2N6O4S. The van der Waals surface area contributed by atoms with E-state index in [1.807, 2.05) is 0 Å². The third-order valence-electron chi connectivity index (χ3n) is 6.14. The first kappa shape index (κ1) is 21.1. The zero-order chi connectivity index (χ0) is 23.8. The molecule has 0 saturated carbocycles. The largest absolute Gasteiger partial charge is 0.374 e. The number of ether oxygens (including phenoxy) is 1. The summed E-state index contributed by atoms with van der Waals surface area (Å²) < 4.78 is 60.2. The van der Waals surface area contributed by atoms with Gasteiger partial charge in [0.05, 0.1) is 36.2 Å². The van der Waals surface area contributed by atoms with Crippen LogP contribution in [0, 0.1) is 11.6 Å². The van der Waals surface area contributed by atoms with E-state index in [1.54, 1.807) is 4.90 Å². The van der Waals surface area contributed by atoms with E-state index in [-0.39, 0.29) is 40.8 Å². The van der Waals surface area contributed by atoms with E-state index in [0.717, 1.165) is 24.9 Å². The molecule has 2 bridgehead atoms. The minimum Gasteiger partial charge on any atom is -0.374 e. The molecule has 0 radical (unpaired) electrons. The molecule has 13 heteroatoms. The number of aromatic nitrogens is 5. The highest BCUT2D eigenvalue weighted by Crippen LogP contribution is 2.32. The maximum atomic E-state index is 14.2. The second-order valence-corrected chi connectivity index (χ2v) is 10.7. The van der Waals surface area contributed by atoms with Crippen LogP contribution in [0.3, 0.4) is 0 Å². The van der Waals surface area contributed by atoms with Gasteiger partial charge >= 0.3 is 0 Å². The number of nitrogens with zero attached hydrogens (tertiary/aromatic N) is 6. The molecule has 2 aliphatic heterocycles. The maximum absolute atomic E-state index is 14.2. The van der Waals surface area contributed by atoms with Crippen molar-refractivity contribution in [2.75, 3.05) is 19.4 Å². The molecule has 2 atom stereocenters. The molecule has 2 unspecified atom stereocenters. The highest BCUT2D eigenvalue weighted by molar-refractivity contribution is 7.89. The first-order valence-electron chi connectivity index (χ1n) is 10.5. The predicted octanol–water partition coefficient (Wildman–Crippen LogP) is 1.64. The van der Waals surface area contributed by atoms with Crippen molar-refractivity contribution in [1.82, 2.24) is 29.0 Å². The summed E-state index contributed by atoms with van der Waals surface area (Å²) in [7, 11) is -3.51. The molecule has 1 amide bonds. The Bertz CT molecular complexity index is 1600. The number of pyridine rings is 2. The number of sulfone groups is 1. The van der Waals surface area contributed by atoms with Crippen LogP contribution in [-0.4, -0.2) is 74.9 Å². The summed E-state index contributed by atoms with van der Waals surface area (Å²) in [5, 5.41) is 4.82. The van der Waals surface area contributed by atoms with Crippen molar-refractivity contribution in [1.29, 1.82) is 0 Å². The third kappa shape index (κ3) is 3.34. The van der Waals surface area contributed by atoms with Crippen LogP contribution in [0.25, 0.3) is 27.9 Å². The van der Waals surface area contributed by atoms with Crippen molar-refractivity contribution in [3.05, 3.63) is 48.1 Å². The van der Waals surface area contributed by atoms with Gasteiger partial charge in [-0.2, -0.15) is 5.10 Å². The summed E-state index contributed by atoms with van der Waals surface area (Å²) in [6, 6.07) is 2.22. The molecule has 176 valence electrons. The topological polar surface area (TPSA) is 112 Å². The zero-order valence-electron chi connectivity index (χ0n) is 17.9. The average molecular weight is 488 g/mol. The van der Waals surface area contributed by atoms with Crippen LogP contribution in [0.5, 0.6) is 0 Å². The van der Waals surface area contributed by atoms with Gasteiger partial charge in [0.1, 0.15) is 23.1 Å². The molecule has 6 rings (SSSR count). The van der Waals surface area contributed by atoms with Crippen LogP contribution < -0.4 is 0 Å². The molecule has 2 saturated heterocycles. The van der Waals surface area contributed by atoms with Crippen LogP contribution >= 0.6 is 0 Å². The van der Waals surface area contributed by atoms with Gasteiger partial charge in [0.15, 0.2) is 21.3 Å². The van der Waals surface area contributed by atoms with Crippen molar-refractivity contribution in [3.8, 4) is 11.4 Å². The normalized spacial score (nSPS) is 20.1. The van der Waals surface area contributed by atoms with Crippen LogP contribution in [-0.2, 0) is 20.5 Å². The number of imidazole rings is 1. The van der Waals surface area contributed by atoms with E-state index in [0.29, 0.717) is 24.1 Å². The molecule has 4 aromatic rings. The fourth-order valence-corrected chi connectivity index (χ4v) is 5.32. The van der Waals surface area contributed by atoms with Crippen LogP contribution in [0.4, 0.5) is 8.78 Å². The van der Waals surface area contributed by atoms with E-state index in [9.17, 15) is 22.0 Å². The Morgan fingerprint density at radius 1 is 1.24 bits per heavy atom. The quantitative estimate of drug-likeness (QED) is 0.429. The lowest BCUT2D eigenvalue weighted by Crippen LogP contribution is -2.41. The van der Waals surface area contributed by atoms with Gasteiger partial charge in [-0.3, -0.25) is 14.2 Å². The van der Waals surface area contributed by atoms with Crippen molar-refractivity contribution >= 4 is 32.3 Å². The van der Waals surface area contributed by atoms with Gasteiger partial charge in [0, 0.05) is 36.6 Å². The van der Waals surface area contributed by atoms with Crippen molar-refractivity contribution < 1.29 is 26.7 Å². The fourth-order valence-electron chi connectivity index (χ4n) is 4.68. The minimum atomic E-state index is -3.51. The summed E-state index contributed by atoms with van der Waals surface area (Å²) in [5.74, 6) is -2.38. The van der Waals surface area contributed by atoms with Crippen molar-refractivity contribution in [3.63, 3.8) is 0 Å². The molecule has 0 spiro atoms. The first-order chi connectivity index (χ1) is 16.2. The zero-order valence-corrected chi connectivity index (χ0v) is 18.7. The van der Waals surface area contributed by atoms with E-state index in [1.165, 1.54) is 27.5 Å². The molecule has 0 aliphatic carbocycles. The standard InChI is InChI=1S/C21H18F2N6O4S/c1-34(31,32)10-29-17-4-16(21(30)27-8-13-3-12(27)9-33-13)24-5-14(17)19(26-29)18-6-25-20-15(23)2-11(22)7-28(18)20/h2,4-7,12-13H,3,8-10H2,1H3. The van der Waals surface area contributed by atoms with Gasteiger partial charge in [-0.15, -0.1) is 0 Å². The summed E-state index contributed by atoms with van der Waals surface area (Å²) in [6.45, 7) is 0.965. The Morgan fingerprint density at radius 2 is 2.06 bits per heavy atom. The summed E-state index contributed by atoms with van der Waals surface area (Å²) in [6.07, 6.45) is 5.68. The molecule has 10 nitrogen and oxygen atoms in total. The number of carbonyl (C=O) groups excluding carboxylic acids is 1. The Hall–Kier alpha value is -3.45. The maximum Gasteiger partial charge on any atom is 0.272 e. The second kappa shape index (κ2) is 7.27. The lowest BCUT2D eigenvalue weighted by Gasteiger charge is -2.26. The van der Waals surface area contributed by atoms with Gasteiger partial charge < -0.3 is 9.64 Å². The van der Waals surface area contributed by atoms with Crippen LogP contribution in [0.2, 0.25) is 0 Å². The smallest absolute Gasteiger partial charge is 0.272 e. The van der Waals surface area contributed by atoms with Gasteiger partial charge in [-0.25, -0.2) is 26.9 Å².